The minimum Gasteiger partial charge on any atom is -0.355 e. The van der Waals surface area contributed by atoms with Gasteiger partial charge >= 0.3 is 0 Å². The number of carbonyl (C=O) groups is 3. The lowest BCUT2D eigenvalue weighted by Crippen LogP contribution is -2.45. The van der Waals surface area contributed by atoms with Crippen LogP contribution in [-0.2, 0) is 33.9 Å². The SMILES string of the molecule is CCNC(=O)CNC(=O)CN(CCOOC)C(=O)COOC. The normalized spacial score (nSPS) is 10.1. The Bertz CT molecular complexity index is 352. The molecule has 0 rings (SSSR count). The quantitative estimate of drug-likeness (QED) is 0.248. The maximum absolute atomic E-state index is 11.8. The molecule has 0 heterocycles. The molecule has 0 aromatic rings. The third kappa shape index (κ3) is 10.0. The summed E-state index contributed by atoms with van der Waals surface area (Å²) >= 11 is 0. The molecule has 10 nitrogen and oxygen atoms in total. The molecule has 0 fully saturated rings. The van der Waals surface area contributed by atoms with E-state index in [1.165, 1.54) is 19.1 Å². The Balaban J connectivity index is 4.31. The van der Waals surface area contributed by atoms with E-state index in [0.29, 0.717) is 6.54 Å². The van der Waals surface area contributed by atoms with E-state index >= 15 is 0 Å². The van der Waals surface area contributed by atoms with Crippen molar-refractivity contribution in [2.75, 3.05) is 53.6 Å². The van der Waals surface area contributed by atoms with Gasteiger partial charge in [0.05, 0.1) is 33.9 Å². The second-order valence-corrected chi connectivity index (χ2v) is 3.96. The summed E-state index contributed by atoms with van der Waals surface area (Å²) in [5, 5.41) is 4.95. The molecule has 0 aliphatic carbocycles. The standard InChI is InChI=1S/C12H23N3O7/c1-4-13-10(16)7-14-11(17)8-15(5-6-21-19-2)12(18)9-22-20-3/h4-9H2,1-3H3,(H,13,16)(H,14,17). The molecule has 0 unspecified atom stereocenters. The molecule has 128 valence electrons. The molecule has 0 aliphatic rings. The van der Waals surface area contributed by atoms with Crippen LogP contribution < -0.4 is 10.6 Å². The van der Waals surface area contributed by atoms with Gasteiger partial charge in [-0.2, -0.15) is 0 Å². The van der Waals surface area contributed by atoms with Gasteiger partial charge < -0.3 is 15.5 Å². The van der Waals surface area contributed by atoms with Crippen LogP contribution in [0.25, 0.3) is 0 Å². The van der Waals surface area contributed by atoms with Crippen molar-refractivity contribution in [2.45, 2.75) is 6.92 Å². The summed E-state index contributed by atoms with van der Waals surface area (Å²) in [6.07, 6.45) is 0. The summed E-state index contributed by atoms with van der Waals surface area (Å²) in [7, 11) is 2.60. The highest BCUT2D eigenvalue weighted by molar-refractivity contribution is 5.88. The van der Waals surface area contributed by atoms with Crippen molar-refractivity contribution in [2.24, 2.45) is 0 Å². The zero-order valence-electron chi connectivity index (χ0n) is 13.0. The highest BCUT2D eigenvalue weighted by atomic mass is 17.2. The first kappa shape index (κ1) is 20.2. The molecule has 0 aromatic heterocycles. The number of hydrogen-bond acceptors (Lipinski definition) is 7. The van der Waals surface area contributed by atoms with Crippen LogP contribution in [-0.4, -0.2) is 76.2 Å². The minimum absolute atomic E-state index is 0.0822. The molecule has 0 saturated carbocycles. The van der Waals surface area contributed by atoms with Gasteiger partial charge in [0.15, 0.2) is 6.61 Å². The van der Waals surface area contributed by atoms with Crippen molar-refractivity contribution < 1.29 is 33.9 Å². The van der Waals surface area contributed by atoms with Gasteiger partial charge in [-0.25, -0.2) is 19.6 Å². The Hall–Kier alpha value is -1.75. The van der Waals surface area contributed by atoms with Crippen molar-refractivity contribution in [1.29, 1.82) is 0 Å². The van der Waals surface area contributed by atoms with Gasteiger partial charge in [-0.3, -0.25) is 14.4 Å². The van der Waals surface area contributed by atoms with Crippen LogP contribution >= 0.6 is 0 Å². The summed E-state index contributed by atoms with van der Waals surface area (Å²) in [5.41, 5.74) is 0. The monoisotopic (exact) mass is 321 g/mol. The van der Waals surface area contributed by atoms with Crippen molar-refractivity contribution in [3.63, 3.8) is 0 Å². The highest BCUT2D eigenvalue weighted by Crippen LogP contribution is 1.93. The highest BCUT2D eigenvalue weighted by Gasteiger charge is 2.18. The number of nitrogens with zero attached hydrogens (tertiary/aromatic N) is 1. The molecule has 0 spiro atoms. The fourth-order valence-corrected chi connectivity index (χ4v) is 1.39. The molecule has 2 N–H and O–H groups in total. The zero-order chi connectivity index (χ0) is 16.8. The van der Waals surface area contributed by atoms with E-state index in [1.54, 1.807) is 6.92 Å². The van der Waals surface area contributed by atoms with E-state index in [9.17, 15) is 14.4 Å². The lowest BCUT2D eigenvalue weighted by atomic mass is 10.4. The van der Waals surface area contributed by atoms with Gasteiger partial charge in [0.25, 0.3) is 5.91 Å². The van der Waals surface area contributed by atoms with Gasteiger partial charge in [-0.15, -0.1) is 0 Å². The third-order valence-corrected chi connectivity index (χ3v) is 2.37. The van der Waals surface area contributed by atoms with Crippen molar-refractivity contribution in [3.8, 4) is 0 Å². The number of carbonyl (C=O) groups excluding carboxylic acids is 3. The first-order valence-electron chi connectivity index (χ1n) is 6.67. The molecule has 0 atom stereocenters. The van der Waals surface area contributed by atoms with Crippen LogP contribution in [0.15, 0.2) is 0 Å². The van der Waals surface area contributed by atoms with Crippen LogP contribution in [0, 0.1) is 0 Å². The summed E-state index contributed by atoms with van der Waals surface area (Å²) in [6, 6.07) is 0. The summed E-state index contributed by atoms with van der Waals surface area (Å²) in [4.78, 5) is 54.0. The minimum atomic E-state index is -0.477. The van der Waals surface area contributed by atoms with E-state index in [4.69, 9.17) is 0 Å². The van der Waals surface area contributed by atoms with Crippen LogP contribution in [0.3, 0.4) is 0 Å². The van der Waals surface area contributed by atoms with E-state index in [2.05, 4.69) is 30.2 Å². The number of nitrogens with one attached hydrogen (secondary N) is 2. The maximum Gasteiger partial charge on any atom is 0.252 e. The summed E-state index contributed by atoms with van der Waals surface area (Å²) in [6.45, 7) is 1.71. The van der Waals surface area contributed by atoms with Gasteiger partial charge in [-0.1, -0.05) is 0 Å². The van der Waals surface area contributed by atoms with E-state index < -0.39 is 11.8 Å². The van der Waals surface area contributed by atoms with Crippen LogP contribution in [0.4, 0.5) is 0 Å². The smallest absolute Gasteiger partial charge is 0.252 e. The number of rotatable bonds is 12. The average Bonchev–Trinajstić information content (AvgIpc) is 2.50. The van der Waals surface area contributed by atoms with Crippen LogP contribution in [0.2, 0.25) is 0 Å². The first-order chi connectivity index (χ1) is 10.5. The van der Waals surface area contributed by atoms with Gasteiger partial charge in [0.2, 0.25) is 11.8 Å². The van der Waals surface area contributed by atoms with E-state index in [-0.39, 0.29) is 38.8 Å². The maximum atomic E-state index is 11.8. The lowest BCUT2D eigenvalue weighted by Gasteiger charge is -2.21. The molecule has 0 bridgehead atoms. The van der Waals surface area contributed by atoms with Crippen molar-refractivity contribution in [1.82, 2.24) is 15.5 Å². The predicted molar refractivity (Wildman–Crippen MR) is 74.2 cm³/mol. The largest absolute Gasteiger partial charge is 0.355 e. The van der Waals surface area contributed by atoms with Gasteiger partial charge in [0, 0.05) is 13.1 Å². The zero-order valence-corrected chi connectivity index (χ0v) is 13.0. The summed E-state index contributed by atoms with van der Waals surface area (Å²) in [5.74, 6) is -1.25. The Kier molecular flexibility index (Phi) is 11.9. The Morgan fingerprint density at radius 1 is 1.00 bits per heavy atom. The Morgan fingerprint density at radius 2 is 1.68 bits per heavy atom. The van der Waals surface area contributed by atoms with E-state index in [1.807, 2.05) is 0 Å². The molecule has 0 saturated heterocycles. The number of hydrogen-bond donors (Lipinski definition) is 2. The van der Waals surface area contributed by atoms with Crippen LogP contribution in [0.5, 0.6) is 0 Å². The second kappa shape index (κ2) is 13.0. The first-order valence-corrected chi connectivity index (χ1v) is 6.67. The molecule has 3 amide bonds. The molecule has 0 aromatic carbocycles. The third-order valence-electron chi connectivity index (χ3n) is 2.37. The second-order valence-electron chi connectivity index (χ2n) is 3.96. The fraction of sp³-hybridized carbons (Fsp3) is 0.750. The fourth-order valence-electron chi connectivity index (χ4n) is 1.39. The van der Waals surface area contributed by atoms with Gasteiger partial charge in [-0.05, 0) is 6.92 Å². The molecule has 0 radical (unpaired) electrons. The molecule has 10 heteroatoms. The lowest BCUT2D eigenvalue weighted by molar-refractivity contribution is -0.276. The molecule has 22 heavy (non-hydrogen) atoms. The Morgan fingerprint density at radius 3 is 2.27 bits per heavy atom. The number of likely N-dealkylation sites (N-methyl/N-ethyl adjacent to an activating group) is 1. The molecular weight excluding hydrogens is 298 g/mol. The van der Waals surface area contributed by atoms with Crippen molar-refractivity contribution in [3.05, 3.63) is 0 Å². The summed E-state index contributed by atoms with van der Waals surface area (Å²) < 4.78 is 0. The number of amides is 3. The predicted octanol–water partition coefficient (Wildman–Crippen LogP) is -1.78. The average molecular weight is 321 g/mol. The van der Waals surface area contributed by atoms with Crippen molar-refractivity contribution >= 4 is 17.7 Å². The van der Waals surface area contributed by atoms with E-state index in [0.717, 1.165) is 0 Å². The van der Waals surface area contributed by atoms with Crippen LogP contribution in [0.1, 0.15) is 6.92 Å². The Labute approximate surface area is 128 Å². The molecular formula is C12H23N3O7. The topological polar surface area (TPSA) is 115 Å². The van der Waals surface area contributed by atoms with Gasteiger partial charge in [0.1, 0.15) is 0 Å². The molecule has 0 aliphatic heterocycles.